The first-order valence-corrected chi connectivity index (χ1v) is 11.0. The summed E-state index contributed by atoms with van der Waals surface area (Å²) in [6.45, 7) is 5.22. The molecule has 1 saturated heterocycles. The van der Waals surface area contributed by atoms with Gasteiger partial charge in [0.15, 0.2) is 0 Å². The molecule has 2 heterocycles. The van der Waals surface area contributed by atoms with Crippen molar-refractivity contribution in [1.82, 2.24) is 14.7 Å². The van der Waals surface area contributed by atoms with Crippen molar-refractivity contribution in [2.45, 2.75) is 45.8 Å². The standard InChI is InChI=1S/C25H28FN3O3/c1-3-24-23(17-28(18(2)30)16-22-10-7-15-31-22)25(32-21-8-5-4-6-9-21)29(27-24)20-13-11-19(26)12-14-20/h4-6,8-9,11-14,22H,3,7,10,15-17H2,1-2H3. The van der Waals surface area contributed by atoms with Crippen molar-refractivity contribution in [3.63, 3.8) is 0 Å². The van der Waals surface area contributed by atoms with E-state index < -0.39 is 0 Å². The van der Waals surface area contributed by atoms with Gasteiger partial charge in [-0.3, -0.25) is 4.79 Å². The summed E-state index contributed by atoms with van der Waals surface area (Å²) in [6.07, 6.45) is 2.68. The van der Waals surface area contributed by atoms with Crippen LogP contribution in [0.4, 0.5) is 4.39 Å². The number of hydrogen-bond acceptors (Lipinski definition) is 4. The molecule has 0 N–H and O–H groups in total. The maximum Gasteiger partial charge on any atom is 0.227 e. The summed E-state index contributed by atoms with van der Waals surface area (Å²) < 4.78 is 27.3. The Labute approximate surface area is 187 Å². The molecule has 1 amide bonds. The van der Waals surface area contributed by atoms with Crippen molar-refractivity contribution in [2.24, 2.45) is 0 Å². The highest BCUT2D eigenvalue weighted by Gasteiger charge is 2.26. The number of benzene rings is 2. The van der Waals surface area contributed by atoms with Crippen molar-refractivity contribution >= 4 is 5.91 Å². The van der Waals surface area contributed by atoms with Gasteiger partial charge in [-0.25, -0.2) is 9.07 Å². The molecule has 0 radical (unpaired) electrons. The molecule has 2 aromatic carbocycles. The summed E-state index contributed by atoms with van der Waals surface area (Å²) in [6, 6.07) is 15.6. The molecule has 1 aromatic heterocycles. The van der Waals surface area contributed by atoms with Crippen LogP contribution in [-0.2, 0) is 22.5 Å². The van der Waals surface area contributed by atoms with E-state index in [1.54, 1.807) is 28.6 Å². The van der Waals surface area contributed by atoms with Crippen LogP contribution in [0.2, 0.25) is 0 Å². The topological polar surface area (TPSA) is 56.6 Å². The van der Waals surface area contributed by atoms with E-state index in [0.717, 1.165) is 30.7 Å². The quantitative estimate of drug-likeness (QED) is 0.503. The van der Waals surface area contributed by atoms with Gasteiger partial charge in [0.25, 0.3) is 0 Å². The molecular weight excluding hydrogens is 409 g/mol. The Morgan fingerprint density at radius 3 is 2.59 bits per heavy atom. The second-order valence-corrected chi connectivity index (χ2v) is 7.92. The summed E-state index contributed by atoms with van der Waals surface area (Å²) in [5, 5.41) is 4.77. The number of aromatic nitrogens is 2. The number of amides is 1. The van der Waals surface area contributed by atoms with E-state index in [2.05, 4.69) is 0 Å². The van der Waals surface area contributed by atoms with Gasteiger partial charge in [-0.05, 0) is 55.7 Å². The van der Waals surface area contributed by atoms with Crippen LogP contribution in [0.15, 0.2) is 54.6 Å². The van der Waals surface area contributed by atoms with Crippen molar-refractivity contribution in [1.29, 1.82) is 0 Å². The first-order chi connectivity index (χ1) is 15.5. The molecule has 1 aliphatic heterocycles. The van der Waals surface area contributed by atoms with Gasteiger partial charge in [-0.1, -0.05) is 25.1 Å². The Morgan fingerprint density at radius 1 is 1.22 bits per heavy atom. The second-order valence-electron chi connectivity index (χ2n) is 7.92. The molecule has 7 heteroatoms. The van der Waals surface area contributed by atoms with Gasteiger partial charge in [0, 0.05) is 20.1 Å². The molecule has 0 aliphatic carbocycles. The molecule has 1 aliphatic rings. The molecule has 1 atom stereocenters. The van der Waals surface area contributed by atoms with Crippen LogP contribution < -0.4 is 4.74 Å². The van der Waals surface area contributed by atoms with Crippen LogP contribution in [-0.4, -0.2) is 39.8 Å². The largest absolute Gasteiger partial charge is 0.439 e. The van der Waals surface area contributed by atoms with Crippen molar-refractivity contribution in [3.05, 3.63) is 71.7 Å². The number of aryl methyl sites for hydroxylation is 1. The zero-order valence-corrected chi connectivity index (χ0v) is 18.5. The molecule has 32 heavy (non-hydrogen) atoms. The predicted molar refractivity (Wildman–Crippen MR) is 119 cm³/mol. The van der Waals surface area contributed by atoms with Crippen LogP contribution in [0.5, 0.6) is 11.6 Å². The lowest BCUT2D eigenvalue weighted by Crippen LogP contribution is -2.35. The SMILES string of the molecule is CCc1nn(-c2ccc(F)cc2)c(Oc2ccccc2)c1CN(CC1CCCO1)C(C)=O. The van der Waals surface area contributed by atoms with Gasteiger partial charge in [0.1, 0.15) is 11.6 Å². The highest BCUT2D eigenvalue weighted by Crippen LogP contribution is 2.32. The lowest BCUT2D eigenvalue weighted by molar-refractivity contribution is -0.131. The van der Waals surface area contributed by atoms with Crippen LogP contribution in [0, 0.1) is 5.82 Å². The van der Waals surface area contributed by atoms with Crippen molar-refractivity contribution in [3.8, 4) is 17.3 Å². The third-order valence-electron chi connectivity index (χ3n) is 5.63. The third kappa shape index (κ3) is 4.99. The Hall–Kier alpha value is -3.19. The highest BCUT2D eigenvalue weighted by atomic mass is 19.1. The lowest BCUT2D eigenvalue weighted by atomic mass is 10.1. The molecule has 4 rings (SSSR count). The van der Waals surface area contributed by atoms with E-state index in [1.807, 2.05) is 37.3 Å². The number of rotatable bonds is 8. The lowest BCUT2D eigenvalue weighted by Gasteiger charge is -2.24. The minimum atomic E-state index is -0.318. The zero-order valence-electron chi connectivity index (χ0n) is 18.5. The average Bonchev–Trinajstić information content (AvgIpc) is 3.43. The normalized spacial score (nSPS) is 15.7. The minimum absolute atomic E-state index is 0.0252. The second kappa shape index (κ2) is 9.96. The Morgan fingerprint density at radius 2 is 1.97 bits per heavy atom. The number of hydrogen-bond donors (Lipinski definition) is 0. The van der Waals surface area contributed by atoms with Crippen LogP contribution in [0.3, 0.4) is 0 Å². The molecular formula is C25H28FN3O3. The number of halogens is 1. The fraction of sp³-hybridized carbons (Fsp3) is 0.360. The summed E-state index contributed by atoms with van der Waals surface area (Å²) in [5.74, 6) is 0.843. The monoisotopic (exact) mass is 437 g/mol. The fourth-order valence-corrected chi connectivity index (χ4v) is 3.91. The van der Waals surface area contributed by atoms with E-state index in [4.69, 9.17) is 14.6 Å². The highest BCUT2D eigenvalue weighted by molar-refractivity contribution is 5.73. The first-order valence-electron chi connectivity index (χ1n) is 11.0. The van der Waals surface area contributed by atoms with Crippen LogP contribution in [0.1, 0.15) is 37.9 Å². The number of ether oxygens (including phenoxy) is 2. The zero-order chi connectivity index (χ0) is 22.5. The van der Waals surface area contributed by atoms with Crippen LogP contribution >= 0.6 is 0 Å². The van der Waals surface area contributed by atoms with E-state index in [9.17, 15) is 9.18 Å². The number of nitrogens with zero attached hydrogens (tertiary/aromatic N) is 3. The number of carbonyl (C=O) groups excluding carboxylic acids is 1. The van der Waals surface area contributed by atoms with Gasteiger partial charge in [-0.15, -0.1) is 0 Å². The number of carbonyl (C=O) groups is 1. The van der Waals surface area contributed by atoms with E-state index in [0.29, 0.717) is 36.8 Å². The fourth-order valence-electron chi connectivity index (χ4n) is 3.91. The van der Waals surface area contributed by atoms with Crippen molar-refractivity contribution in [2.75, 3.05) is 13.2 Å². The molecule has 168 valence electrons. The molecule has 1 fully saturated rings. The van der Waals surface area contributed by atoms with Gasteiger partial charge >= 0.3 is 0 Å². The van der Waals surface area contributed by atoms with Gasteiger partial charge in [0.05, 0.1) is 29.6 Å². The maximum atomic E-state index is 13.5. The van der Waals surface area contributed by atoms with Gasteiger partial charge < -0.3 is 14.4 Å². The third-order valence-corrected chi connectivity index (χ3v) is 5.63. The Kier molecular flexibility index (Phi) is 6.85. The summed E-state index contributed by atoms with van der Waals surface area (Å²) in [5.41, 5.74) is 2.36. The average molecular weight is 438 g/mol. The summed E-state index contributed by atoms with van der Waals surface area (Å²) in [7, 11) is 0. The van der Waals surface area contributed by atoms with E-state index >= 15 is 0 Å². The van der Waals surface area contributed by atoms with E-state index in [1.165, 1.54) is 12.1 Å². The van der Waals surface area contributed by atoms with Gasteiger partial charge in [0.2, 0.25) is 11.8 Å². The molecule has 3 aromatic rings. The molecule has 1 unspecified atom stereocenters. The van der Waals surface area contributed by atoms with E-state index in [-0.39, 0.29) is 17.8 Å². The van der Waals surface area contributed by atoms with Gasteiger partial charge in [-0.2, -0.15) is 5.10 Å². The van der Waals surface area contributed by atoms with Crippen LogP contribution in [0.25, 0.3) is 5.69 Å². The predicted octanol–water partition coefficient (Wildman–Crippen LogP) is 4.89. The summed E-state index contributed by atoms with van der Waals surface area (Å²) >= 11 is 0. The molecule has 6 nitrogen and oxygen atoms in total. The molecule has 0 spiro atoms. The smallest absolute Gasteiger partial charge is 0.227 e. The first kappa shape index (κ1) is 22.0. The minimum Gasteiger partial charge on any atom is -0.439 e. The van der Waals surface area contributed by atoms with Crippen molar-refractivity contribution < 1.29 is 18.7 Å². The Balaban J connectivity index is 1.74. The molecule has 0 saturated carbocycles. The number of para-hydroxylation sites is 1. The molecule has 0 bridgehead atoms. The Bertz CT molecular complexity index is 1040. The summed E-state index contributed by atoms with van der Waals surface area (Å²) in [4.78, 5) is 14.3. The maximum absolute atomic E-state index is 13.5.